The summed E-state index contributed by atoms with van der Waals surface area (Å²) in [5.74, 6) is -0.0754. The molecule has 0 aliphatic carbocycles. The molecule has 3 N–H and O–H groups in total. The van der Waals surface area contributed by atoms with Crippen molar-refractivity contribution in [2.24, 2.45) is 0 Å². The van der Waals surface area contributed by atoms with Crippen LogP contribution in [0.5, 0.6) is 0 Å². The fourth-order valence-electron chi connectivity index (χ4n) is 2.55. The maximum absolute atomic E-state index is 12.6. The van der Waals surface area contributed by atoms with Gasteiger partial charge in [0.05, 0.1) is 5.71 Å². The normalized spacial score (nSPS) is 10.4. The lowest BCUT2D eigenvalue weighted by Crippen LogP contribution is -2.09. The van der Waals surface area contributed by atoms with Crippen molar-refractivity contribution in [1.29, 1.82) is 5.41 Å². The summed E-state index contributed by atoms with van der Waals surface area (Å²) in [5.41, 5.74) is 10.5. The minimum Gasteiger partial charge on any atom is -0.398 e. The lowest BCUT2D eigenvalue weighted by atomic mass is 9.95. The van der Waals surface area contributed by atoms with Gasteiger partial charge in [0.2, 0.25) is 0 Å². The molecule has 3 nitrogen and oxygen atoms in total. The number of nitrogens with two attached hydrogens (primary N) is 1. The minimum absolute atomic E-state index is 0.0754. The summed E-state index contributed by atoms with van der Waals surface area (Å²) in [6, 6.07) is 21.9. The molecular formula is C21H18N2O. The van der Waals surface area contributed by atoms with Crippen molar-refractivity contribution in [2.75, 3.05) is 5.73 Å². The Labute approximate surface area is 141 Å². The minimum atomic E-state index is -0.0754. The van der Waals surface area contributed by atoms with E-state index in [4.69, 9.17) is 11.1 Å². The van der Waals surface area contributed by atoms with E-state index in [1.165, 1.54) is 0 Å². The number of rotatable bonds is 4. The van der Waals surface area contributed by atoms with Gasteiger partial charge in [0, 0.05) is 27.9 Å². The largest absolute Gasteiger partial charge is 0.398 e. The summed E-state index contributed by atoms with van der Waals surface area (Å²) < 4.78 is 0. The molecule has 0 fully saturated rings. The summed E-state index contributed by atoms with van der Waals surface area (Å²) >= 11 is 0. The molecule has 0 unspecified atom stereocenters. The first-order valence-electron chi connectivity index (χ1n) is 7.71. The molecule has 3 aromatic carbocycles. The van der Waals surface area contributed by atoms with E-state index in [2.05, 4.69) is 0 Å². The Morgan fingerprint density at radius 2 is 1.46 bits per heavy atom. The summed E-state index contributed by atoms with van der Waals surface area (Å²) in [6.45, 7) is 2.00. The molecule has 118 valence electrons. The molecule has 24 heavy (non-hydrogen) atoms. The van der Waals surface area contributed by atoms with Gasteiger partial charge >= 0.3 is 0 Å². The van der Waals surface area contributed by atoms with Crippen molar-refractivity contribution >= 4 is 17.2 Å². The van der Waals surface area contributed by atoms with Crippen LogP contribution in [0.4, 0.5) is 5.69 Å². The van der Waals surface area contributed by atoms with Crippen LogP contribution in [-0.4, -0.2) is 11.5 Å². The second kappa shape index (κ2) is 6.50. The number of hydrogen-bond donors (Lipinski definition) is 2. The first kappa shape index (κ1) is 15.7. The Balaban J connectivity index is 1.99. The average molecular weight is 314 g/mol. The Kier molecular flexibility index (Phi) is 4.25. The van der Waals surface area contributed by atoms with Crippen LogP contribution in [0, 0.1) is 12.3 Å². The molecule has 0 amide bonds. The lowest BCUT2D eigenvalue weighted by molar-refractivity contribution is 0.103. The molecular weight excluding hydrogens is 296 g/mol. The van der Waals surface area contributed by atoms with Gasteiger partial charge in [-0.1, -0.05) is 60.2 Å². The molecule has 0 spiro atoms. The van der Waals surface area contributed by atoms with Gasteiger partial charge in [0.1, 0.15) is 0 Å². The van der Waals surface area contributed by atoms with E-state index >= 15 is 0 Å². The lowest BCUT2D eigenvalue weighted by Gasteiger charge is -2.10. The zero-order valence-corrected chi connectivity index (χ0v) is 13.4. The van der Waals surface area contributed by atoms with Gasteiger partial charge in [0.25, 0.3) is 0 Å². The molecule has 3 heteroatoms. The summed E-state index contributed by atoms with van der Waals surface area (Å²) in [7, 11) is 0. The topological polar surface area (TPSA) is 66.9 Å². The zero-order chi connectivity index (χ0) is 17.1. The number of anilines is 1. The number of carbonyl (C=O) groups excluding carboxylic acids is 1. The molecule has 0 radical (unpaired) electrons. The number of nitrogens with one attached hydrogen (secondary N) is 1. The van der Waals surface area contributed by atoms with Crippen LogP contribution < -0.4 is 5.73 Å². The van der Waals surface area contributed by atoms with Gasteiger partial charge in [-0.2, -0.15) is 0 Å². The summed E-state index contributed by atoms with van der Waals surface area (Å²) in [6.07, 6.45) is 0. The van der Waals surface area contributed by atoms with Crippen molar-refractivity contribution in [2.45, 2.75) is 6.92 Å². The van der Waals surface area contributed by atoms with Gasteiger partial charge in [-0.3, -0.25) is 10.2 Å². The number of aryl methyl sites for hydroxylation is 1. The first-order chi connectivity index (χ1) is 11.6. The zero-order valence-electron chi connectivity index (χ0n) is 13.4. The fourth-order valence-corrected chi connectivity index (χ4v) is 2.55. The highest BCUT2D eigenvalue weighted by atomic mass is 16.1. The maximum atomic E-state index is 12.6. The monoisotopic (exact) mass is 314 g/mol. The average Bonchev–Trinajstić information content (AvgIpc) is 2.62. The van der Waals surface area contributed by atoms with E-state index in [0.717, 1.165) is 11.1 Å². The van der Waals surface area contributed by atoms with E-state index in [9.17, 15) is 4.79 Å². The van der Waals surface area contributed by atoms with Crippen LogP contribution in [0.1, 0.15) is 32.6 Å². The van der Waals surface area contributed by atoms with Gasteiger partial charge in [0.15, 0.2) is 5.78 Å². The highest BCUT2D eigenvalue weighted by Crippen LogP contribution is 2.21. The highest BCUT2D eigenvalue weighted by molar-refractivity contribution is 6.16. The van der Waals surface area contributed by atoms with Gasteiger partial charge in [-0.15, -0.1) is 0 Å². The quantitative estimate of drug-likeness (QED) is 0.430. The number of benzene rings is 3. The molecule has 0 atom stereocenters. The van der Waals surface area contributed by atoms with Gasteiger partial charge in [-0.05, 0) is 25.1 Å². The van der Waals surface area contributed by atoms with Crippen molar-refractivity contribution in [3.63, 3.8) is 0 Å². The molecule has 0 saturated carbocycles. The van der Waals surface area contributed by atoms with E-state index in [-0.39, 0.29) is 5.78 Å². The van der Waals surface area contributed by atoms with E-state index in [1.54, 1.807) is 30.3 Å². The van der Waals surface area contributed by atoms with Crippen LogP contribution in [0.3, 0.4) is 0 Å². The van der Waals surface area contributed by atoms with E-state index in [0.29, 0.717) is 28.1 Å². The summed E-state index contributed by atoms with van der Waals surface area (Å²) in [4.78, 5) is 12.6. The first-order valence-corrected chi connectivity index (χ1v) is 7.71. The van der Waals surface area contributed by atoms with Crippen molar-refractivity contribution < 1.29 is 4.79 Å². The molecule has 3 aromatic rings. The third-order valence-corrected chi connectivity index (χ3v) is 3.96. The number of nitrogen functional groups attached to an aromatic ring is 1. The Hall–Kier alpha value is -3.20. The fraction of sp³-hybridized carbons (Fsp3) is 0.0476. The van der Waals surface area contributed by atoms with Crippen LogP contribution in [0.15, 0.2) is 72.8 Å². The maximum Gasteiger partial charge on any atom is 0.193 e. The third kappa shape index (κ3) is 3.10. The van der Waals surface area contributed by atoms with Gasteiger partial charge in [-0.25, -0.2) is 0 Å². The predicted molar refractivity (Wildman–Crippen MR) is 97.8 cm³/mol. The summed E-state index contributed by atoms with van der Waals surface area (Å²) in [5, 5.41) is 8.43. The molecule has 0 saturated heterocycles. The Morgan fingerprint density at radius 3 is 2.12 bits per heavy atom. The Morgan fingerprint density at radius 1 is 0.833 bits per heavy atom. The van der Waals surface area contributed by atoms with Crippen molar-refractivity contribution in [3.8, 4) is 0 Å². The van der Waals surface area contributed by atoms with Crippen molar-refractivity contribution in [3.05, 3.63) is 101 Å². The smallest absolute Gasteiger partial charge is 0.193 e. The van der Waals surface area contributed by atoms with Crippen LogP contribution in [0.2, 0.25) is 0 Å². The van der Waals surface area contributed by atoms with E-state index < -0.39 is 0 Å². The standard InChI is InChI=1S/C21H18N2O/c1-14-7-9-15(10-8-14)20(23)18-13-17(11-12-19(18)22)21(24)16-5-3-2-4-6-16/h2-13,23H,22H2,1H3. The number of ketones is 1. The second-order valence-electron chi connectivity index (χ2n) is 5.74. The number of carbonyl (C=O) groups is 1. The second-order valence-corrected chi connectivity index (χ2v) is 5.74. The Bertz CT molecular complexity index is 897. The molecule has 0 aliphatic rings. The third-order valence-electron chi connectivity index (χ3n) is 3.96. The van der Waals surface area contributed by atoms with Gasteiger partial charge < -0.3 is 5.73 Å². The molecule has 3 rings (SSSR count). The molecule has 0 heterocycles. The van der Waals surface area contributed by atoms with E-state index in [1.807, 2.05) is 49.4 Å². The molecule has 0 aromatic heterocycles. The molecule has 0 bridgehead atoms. The highest BCUT2D eigenvalue weighted by Gasteiger charge is 2.14. The van der Waals surface area contributed by atoms with Crippen molar-refractivity contribution in [1.82, 2.24) is 0 Å². The van der Waals surface area contributed by atoms with Crippen LogP contribution >= 0.6 is 0 Å². The number of hydrogen-bond acceptors (Lipinski definition) is 3. The SMILES string of the molecule is Cc1ccc(C(=N)c2cc(C(=O)c3ccccc3)ccc2N)cc1. The van der Waals surface area contributed by atoms with Crippen LogP contribution in [-0.2, 0) is 0 Å². The van der Waals surface area contributed by atoms with Crippen LogP contribution in [0.25, 0.3) is 0 Å². The molecule has 0 aliphatic heterocycles. The predicted octanol–water partition coefficient (Wildman–Crippen LogP) is 4.22.